The Morgan fingerprint density at radius 2 is 1.66 bits per heavy atom. The van der Waals surface area contributed by atoms with Gasteiger partial charge in [-0.15, -0.1) is 0 Å². The van der Waals surface area contributed by atoms with E-state index < -0.39 is 93.9 Å². The van der Waals surface area contributed by atoms with Gasteiger partial charge in [0.1, 0.15) is 12.2 Å². The van der Waals surface area contributed by atoms with Crippen LogP contribution in [0.4, 0.5) is 0 Å². The average molecular weight is 573 g/mol. The maximum Gasteiger partial charge on any atom is 0.359 e. The molecule has 2 N–H and O–H groups in total. The number of fused-ring (bicyclic) bond motifs is 1. The molecule has 220 valence electrons. The Morgan fingerprint density at radius 1 is 1.00 bits per heavy atom. The Labute approximate surface area is 234 Å². The van der Waals surface area contributed by atoms with Gasteiger partial charge in [0.2, 0.25) is 18.0 Å². The van der Waals surface area contributed by atoms with Crippen LogP contribution in [-0.2, 0) is 38.1 Å². The standard InChI is InChI=1S/C28H32N2O11/c1-9-19(32)38-17-16(31)26-14-8-13(24(5,6)7)25(26)18(39-20(33)15-12(4)29-10(2)11(3)30-15)21(34)40-23(25)41-28(26,22(35)37-14)27(9,17)36/h9,13-14,16-18,23,31,36H,8H2,1-7H3/t9-,13+,14?,16+,17+,18+,23+,25?,26+,27-,28-/m1/s1. The highest BCUT2D eigenvalue weighted by atomic mass is 16.8. The van der Waals surface area contributed by atoms with E-state index in [2.05, 4.69) is 9.97 Å². The average Bonchev–Trinajstić information content (AvgIpc) is 3.59. The third-order valence-electron chi connectivity index (χ3n) is 10.9. The molecule has 0 amide bonds. The summed E-state index contributed by atoms with van der Waals surface area (Å²) in [5.41, 5.74) is -7.60. The molecule has 2 aliphatic carbocycles. The molecule has 0 radical (unpaired) electrons. The fourth-order valence-electron chi connectivity index (χ4n) is 9.31. The fourth-order valence-corrected chi connectivity index (χ4v) is 9.31. The molecule has 4 aliphatic heterocycles. The summed E-state index contributed by atoms with van der Waals surface area (Å²) in [6.07, 6.45) is -7.41. The normalized spacial score (nSPS) is 47.0. The van der Waals surface area contributed by atoms with Gasteiger partial charge in [-0.2, -0.15) is 0 Å². The van der Waals surface area contributed by atoms with Crippen LogP contribution in [0.5, 0.6) is 0 Å². The number of aryl methyl sites for hydroxylation is 3. The summed E-state index contributed by atoms with van der Waals surface area (Å²) in [7, 11) is 0. The number of aliphatic hydroxyl groups excluding tert-OH is 1. The summed E-state index contributed by atoms with van der Waals surface area (Å²) >= 11 is 0. The van der Waals surface area contributed by atoms with Gasteiger partial charge in [-0.1, -0.05) is 20.8 Å². The molecule has 13 heteroatoms. The first kappa shape index (κ1) is 26.7. The molecule has 2 saturated carbocycles. The van der Waals surface area contributed by atoms with E-state index in [1.54, 1.807) is 20.8 Å². The first-order valence-corrected chi connectivity index (χ1v) is 13.8. The number of aliphatic hydroxyl groups is 2. The zero-order chi connectivity index (χ0) is 29.8. The van der Waals surface area contributed by atoms with E-state index in [4.69, 9.17) is 23.7 Å². The van der Waals surface area contributed by atoms with Gasteiger partial charge in [0, 0.05) is 0 Å². The van der Waals surface area contributed by atoms with Crippen LogP contribution in [0.2, 0.25) is 0 Å². The van der Waals surface area contributed by atoms with Crippen molar-refractivity contribution in [1.82, 2.24) is 9.97 Å². The Hall–Kier alpha value is -3.16. The molecule has 1 aromatic rings. The fraction of sp³-hybridized carbons (Fsp3) is 0.714. The summed E-state index contributed by atoms with van der Waals surface area (Å²) in [5, 5.41) is 24.4. The minimum atomic E-state index is -2.35. The minimum absolute atomic E-state index is 0.103. The van der Waals surface area contributed by atoms with Crippen LogP contribution < -0.4 is 0 Å². The van der Waals surface area contributed by atoms with Gasteiger partial charge < -0.3 is 33.9 Å². The zero-order valence-electron chi connectivity index (χ0n) is 23.7. The van der Waals surface area contributed by atoms with Crippen LogP contribution in [0.1, 0.15) is 61.7 Å². The lowest BCUT2D eigenvalue weighted by Crippen LogP contribution is -2.67. The topological polar surface area (TPSA) is 181 Å². The van der Waals surface area contributed by atoms with E-state index in [0.717, 1.165) is 0 Å². The number of carbonyl (C=O) groups is 4. The molecule has 13 nitrogen and oxygen atoms in total. The first-order valence-electron chi connectivity index (χ1n) is 13.8. The first-order chi connectivity index (χ1) is 19.0. The smallest absolute Gasteiger partial charge is 0.359 e. The van der Waals surface area contributed by atoms with E-state index in [9.17, 15) is 29.4 Å². The molecule has 6 fully saturated rings. The summed E-state index contributed by atoms with van der Waals surface area (Å²) in [4.78, 5) is 62.6. The number of rotatable bonds is 2. The van der Waals surface area contributed by atoms with Gasteiger partial charge in [-0.3, -0.25) is 9.78 Å². The van der Waals surface area contributed by atoms with Crippen LogP contribution in [0, 0.1) is 48.9 Å². The van der Waals surface area contributed by atoms with E-state index in [-0.39, 0.29) is 17.8 Å². The number of esters is 4. The summed E-state index contributed by atoms with van der Waals surface area (Å²) in [5.74, 6) is -5.58. The maximum atomic E-state index is 13.9. The molecule has 0 aromatic carbocycles. The lowest BCUT2D eigenvalue weighted by molar-refractivity contribution is -0.239. The van der Waals surface area contributed by atoms with Gasteiger partial charge in [0.05, 0.1) is 33.8 Å². The molecule has 2 unspecified atom stereocenters. The number of aromatic nitrogens is 2. The number of nitrogens with zero attached hydrogens (tertiary/aromatic N) is 2. The lowest BCUT2D eigenvalue weighted by Gasteiger charge is -2.48. The number of ether oxygens (including phenoxy) is 5. The highest BCUT2D eigenvalue weighted by molar-refractivity contribution is 5.95. The summed E-state index contributed by atoms with van der Waals surface area (Å²) in [6.45, 7) is 12.1. The zero-order valence-corrected chi connectivity index (χ0v) is 23.7. The molecule has 6 aliphatic rings. The number of hydrogen-bond acceptors (Lipinski definition) is 13. The van der Waals surface area contributed by atoms with Crippen molar-refractivity contribution >= 4 is 23.9 Å². The van der Waals surface area contributed by atoms with E-state index in [0.29, 0.717) is 11.4 Å². The Morgan fingerprint density at radius 3 is 2.32 bits per heavy atom. The van der Waals surface area contributed by atoms with E-state index in [1.807, 2.05) is 20.8 Å². The van der Waals surface area contributed by atoms with Crippen molar-refractivity contribution in [3.05, 3.63) is 22.8 Å². The highest BCUT2D eigenvalue weighted by Crippen LogP contribution is 2.84. The second-order valence-corrected chi connectivity index (χ2v) is 13.4. The third kappa shape index (κ3) is 2.46. The van der Waals surface area contributed by atoms with Gasteiger partial charge in [0.15, 0.2) is 17.4 Å². The van der Waals surface area contributed by atoms with Crippen molar-refractivity contribution in [3.63, 3.8) is 0 Å². The predicted octanol–water partition coefficient (Wildman–Crippen LogP) is 0.210. The van der Waals surface area contributed by atoms with Gasteiger partial charge in [0.25, 0.3) is 0 Å². The van der Waals surface area contributed by atoms with E-state index >= 15 is 0 Å². The number of hydrogen-bond donors (Lipinski definition) is 2. The van der Waals surface area contributed by atoms with Crippen molar-refractivity contribution in [1.29, 1.82) is 0 Å². The lowest BCUT2D eigenvalue weighted by atomic mass is 9.51. The molecule has 11 atom stereocenters. The third-order valence-corrected chi connectivity index (χ3v) is 10.9. The quantitative estimate of drug-likeness (QED) is 0.363. The van der Waals surface area contributed by atoms with Gasteiger partial charge in [-0.25, -0.2) is 19.4 Å². The molecular weight excluding hydrogens is 540 g/mol. The van der Waals surface area contributed by atoms with Crippen LogP contribution in [-0.4, -0.2) is 86.0 Å². The highest BCUT2D eigenvalue weighted by Gasteiger charge is 3.04. The molecule has 41 heavy (non-hydrogen) atoms. The van der Waals surface area contributed by atoms with Crippen LogP contribution >= 0.6 is 0 Å². The molecule has 5 heterocycles. The van der Waals surface area contributed by atoms with Crippen LogP contribution in [0.3, 0.4) is 0 Å². The van der Waals surface area contributed by atoms with Crippen molar-refractivity contribution < 1.29 is 53.1 Å². The predicted molar refractivity (Wildman–Crippen MR) is 131 cm³/mol. The molecule has 4 saturated heterocycles. The minimum Gasteiger partial charge on any atom is -0.459 e. The van der Waals surface area contributed by atoms with Crippen molar-refractivity contribution in [2.75, 3.05) is 0 Å². The molecule has 7 rings (SSSR count). The monoisotopic (exact) mass is 572 g/mol. The Kier molecular flexibility index (Phi) is 4.84. The van der Waals surface area contributed by atoms with Crippen LogP contribution in [0.25, 0.3) is 0 Å². The van der Waals surface area contributed by atoms with Crippen LogP contribution in [0.15, 0.2) is 0 Å². The second kappa shape index (κ2) is 7.42. The van der Waals surface area contributed by atoms with Crippen molar-refractivity contribution in [3.8, 4) is 0 Å². The molecule has 0 bridgehead atoms. The largest absolute Gasteiger partial charge is 0.459 e. The Bertz CT molecular complexity index is 1470. The van der Waals surface area contributed by atoms with Crippen molar-refractivity contribution in [2.24, 2.45) is 28.1 Å². The molecule has 1 aromatic heterocycles. The SMILES string of the molecule is Cc1nc(C)c(C(=O)O[C@H]2C(=O)O[C@H]3O[C@]45C(=O)OC6C[C@@H](C(C)(C)C)C32[C@@]64[C@@H](O)[C@@H]2OC(=O)[C@@H](C)[C@@]25O)nc1C. The molecule has 2 spiro atoms. The Balaban J connectivity index is 1.47. The number of carbonyl (C=O) groups excluding carboxylic acids is 4. The van der Waals surface area contributed by atoms with Crippen molar-refractivity contribution in [2.45, 2.75) is 96.8 Å². The van der Waals surface area contributed by atoms with Gasteiger partial charge in [-0.05, 0) is 45.4 Å². The maximum absolute atomic E-state index is 13.9. The summed E-state index contributed by atoms with van der Waals surface area (Å²) < 4.78 is 29.4. The van der Waals surface area contributed by atoms with Gasteiger partial charge >= 0.3 is 23.9 Å². The van der Waals surface area contributed by atoms with E-state index in [1.165, 1.54) is 6.92 Å². The molecular formula is C28H32N2O11. The second-order valence-electron chi connectivity index (χ2n) is 13.4. The summed E-state index contributed by atoms with van der Waals surface area (Å²) in [6, 6.07) is 0.